The highest BCUT2D eigenvalue weighted by Crippen LogP contribution is 2.00. The van der Waals surface area contributed by atoms with Crippen LogP contribution in [0.4, 0.5) is 0 Å². The number of nitrogens with zero attached hydrogens (tertiary/aromatic N) is 1. The van der Waals surface area contributed by atoms with E-state index in [1.54, 1.807) is 4.90 Å². The molecule has 2 nitrogen and oxygen atoms in total. The molecule has 1 unspecified atom stereocenters. The standard InChI is InChI=1S/C11H22N2.BrH/c1-3-4-5-6-7-8-13-10-9-12(2)11-13;/h9-10H,3-8,11H2,1-2H3;1H. The molecule has 0 saturated carbocycles. The van der Waals surface area contributed by atoms with Crippen molar-refractivity contribution in [3.05, 3.63) is 12.4 Å². The highest BCUT2D eigenvalue weighted by atomic mass is 79.9. The average molecular weight is 263 g/mol. The van der Waals surface area contributed by atoms with Gasteiger partial charge < -0.3 is 21.9 Å². The van der Waals surface area contributed by atoms with Gasteiger partial charge in [0.25, 0.3) is 0 Å². The van der Waals surface area contributed by atoms with Crippen molar-refractivity contribution in [2.45, 2.75) is 39.0 Å². The van der Waals surface area contributed by atoms with Crippen LogP contribution in [0.2, 0.25) is 0 Å². The quantitative estimate of drug-likeness (QED) is 0.557. The van der Waals surface area contributed by atoms with Crippen molar-refractivity contribution >= 4 is 0 Å². The molecule has 0 radical (unpaired) electrons. The molecule has 14 heavy (non-hydrogen) atoms. The molecule has 0 spiro atoms. The summed E-state index contributed by atoms with van der Waals surface area (Å²) in [6, 6.07) is 0. The Labute approximate surface area is 98.7 Å². The number of nitrogens with one attached hydrogen (secondary N) is 1. The van der Waals surface area contributed by atoms with Crippen LogP contribution in [0.1, 0.15) is 39.0 Å². The number of unbranched alkanes of at least 4 members (excludes halogenated alkanes) is 4. The van der Waals surface area contributed by atoms with Crippen molar-refractivity contribution in [3.63, 3.8) is 0 Å². The largest absolute Gasteiger partial charge is 1.00 e. The third kappa shape index (κ3) is 5.66. The summed E-state index contributed by atoms with van der Waals surface area (Å²) in [7, 11) is 2.14. The molecule has 1 N–H and O–H groups in total. The molecular formula is C11H23BrN2. The van der Waals surface area contributed by atoms with Gasteiger partial charge in [-0.1, -0.05) is 26.2 Å². The van der Waals surface area contributed by atoms with Gasteiger partial charge in [-0.25, -0.2) is 0 Å². The first-order valence-corrected chi connectivity index (χ1v) is 5.56. The van der Waals surface area contributed by atoms with Crippen molar-refractivity contribution < 1.29 is 21.9 Å². The predicted octanol–water partition coefficient (Wildman–Crippen LogP) is -1.78. The minimum Gasteiger partial charge on any atom is -1.00 e. The van der Waals surface area contributed by atoms with Crippen LogP contribution in [0, 0.1) is 0 Å². The van der Waals surface area contributed by atoms with Crippen molar-refractivity contribution in [2.24, 2.45) is 0 Å². The van der Waals surface area contributed by atoms with E-state index in [9.17, 15) is 0 Å². The Morgan fingerprint density at radius 1 is 1.21 bits per heavy atom. The molecule has 3 heteroatoms. The topological polar surface area (TPSA) is 7.68 Å². The van der Waals surface area contributed by atoms with E-state index in [0.29, 0.717) is 0 Å². The molecule has 0 aromatic heterocycles. The molecule has 0 bridgehead atoms. The SMILES string of the molecule is CCCCCCC[NH+]1C=CN(C)C1.[Br-]. The number of hydrogen-bond donors (Lipinski definition) is 1. The average Bonchev–Trinajstić information content (AvgIpc) is 2.51. The summed E-state index contributed by atoms with van der Waals surface area (Å²) in [5.74, 6) is 0. The Kier molecular flexibility index (Phi) is 8.29. The van der Waals surface area contributed by atoms with Gasteiger partial charge in [0.05, 0.1) is 12.7 Å². The fraction of sp³-hybridized carbons (Fsp3) is 0.818. The lowest BCUT2D eigenvalue weighted by atomic mass is 10.1. The van der Waals surface area contributed by atoms with Gasteiger partial charge in [0.15, 0.2) is 6.67 Å². The zero-order valence-corrected chi connectivity index (χ0v) is 11.0. The van der Waals surface area contributed by atoms with Gasteiger partial charge in [-0.3, -0.25) is 4.90 Å². The molecule has 0 saturated heterocycles. The molecule has 0 amide bonds. The summed E-state index contributed by atoms with van der Waals surface area (Å²) >= 11 is 0. The van der Waals surface area contributed by atoms with E-state index in [4.69, 9.17) is 0 Å². The van der Waals surface area contributed by atoms with Crippen molar-refractivity contribution in [1.29, 1.82) is 0 Å². The van der Waals surface area contributed by atoms with Crippen LogP contribution in [0.3, 0.4) is 0 Å². The van der Waals surface area contributed by atoms with Crippen molar-refractivity contribution in [1.82, 2.24) is 4.90 Å². The Hall–Kier alpha value is -0.0200. The minimum absolute atomic E-state index is 0. The van der Waals surface area contributed by atoms with E-state index in [1.165, 1.54) is 38.6 Å². The van der Waals surface area contributed by atoms with Crippen LogP contribution in [-0.2, 0) is 0 Å². The van der Waals surface area contributed by atoms with Crippen molar-refractivity contribution in [2.75, 3.05) is 20.3 Å². The number of quaternary nitrogens is 1. The van der Waals surface area contributed by atoms with Crippen LogP contribution < -0.4 is 21.9 Å². The second-order valence-electron chi connectivity index (χ2n) is 4.05. The third-order valence-electron chi connectivity index (χ3n) is 2.62. The molecule has 1 heterocycles. The predicted molar refractivity (Wildman–Crippen MR) is 56.4 cm³/mol. The van der Waals surface area contributed by atoms with E-state index in [2.05, 4.69) is 31.3 Å². The van der Waals surface area contributed by atoms with Crippen LogP contribution in [0.15, 0.2) is 12.4 Å². The fourth-order valence-corrected chi connectivity index (χ4v) is 1.78. The first kappa shape index (κ1) is 14.0. The number of halogens is 1. The third-order valence-corrected chi connectivity index (χ3v) is 2.62. The smallest absolute Gasteiger partial charge is 0.156 e. The summed E-state index contributed by atoms with van der Waals surface area (Å²) in [5.41, 5.74) is 0. The van der Waals surface area contributed by atoms with Gasteiger partial charge in [-0.05, 0) is 12.8 Å². The zero-order chi connectivity index (χ0) is 9.52. The summed E-state index contributed by atoms with van der Waals surface area (Å²) in [5, 5.41) is 0. The maximum absolute atomic E-state index is 2.28. The normalized spacial score (nSPS) is 19.9. The lowest BCUT2D eigenvalue weighted by Gasteiger charge is -2.12. The van der Waals surface area contributed by atoms with Gasteiger partial charge in [-0.15, -0.1) is 0 Å². The molecule has 0 aromatic carbocycles. The van der Waals surface area contributed by atoms with Crippen LogP contribution >= 0.6 is 0 Å². The zero-order valence-electron chi connectivity index (χ0n) is 9.43. The Morgan fingerprint density at radius 3 is 2.50 bits per heavy atom. The van der Waals surface area contributed by atoms with Gasteiger partial charge in [0.1, 0.15) is 6.20 Å². The Bertz CT molecular complexity index is 159. The monoisotopic (exact) mass is 262 g/mol. The number of rotatable bonds is 6. The summed E-state index contributed by atoms with van der Waals surface area (Å²) in [6.45, 7) is 4.74. The second kappa shape index (κ2) is 8.30. The van der Waals surface area contributed by atoms with E-state index >= 15 is 0 Å². The number of hydrogen-bond acceptors (Lipinski definition) is 1. The molecule has 0 aliphatic carbocycles. The van der Waals surface area contributed by atoms with Gasteiger partial charge in [-0.2, -0.15) is 0 Å². The molecule has 1 aliphatic heterocycles. The van der Waals surface area contributed by atoms with E-state index in [0.717, 1.165) is 6.67 Å². The van der Waals surface area contributed by atoms with Crippen LogP contribution in [0.5, 0.6) is 0 Å². The van der Waals surface area contributed by atoms with Gasteiger partial charge in [0, 0.05) is 7.05 Å². The maximum atomic E-state index is 2.28. The molecule has 0 fully saturated rings. The van der Waals surface area contributed by atoms with E-state index < -0.39 is 0 Å². The molecule has 1 atom stereocenters. The lowest BCUT2D eigenvalue weighted by molar-refractivity contribution is -0.848. The lowest BCUT2D eigenvalue weighted by Crippen LogP contribution is -3.07. The molecular weight excluding hydrogens is 240 g/mol. The maximum Gasteiger partial charge on any atom is 0.156 e. The van der Waals surface area contributed by atoms with Gasteiger partial charge in [0.2, 0.25) is 0 Å². The molecule has 84 valence electrons. The Balaban J connectivity index is 0.00000169. The minimum atomic E-state index is 0. The highest BCUT2D eigenvalue weighted by molar-refractivity contribution is 4.74. The first-order chi connectivity index (χ1) is 6.33. The summed E-state index contributed by atoms with van der Waals surface area (Å²) in [6.07, 6.45) is 11.4. The van der Waals surface area contributed by atoms with Crippen LogP contribution in [-0.4, -0.2) is 25.2 Å². The van der Waals surface area contributed by atoms with E-state index in [1.807, 2.05) is 0 Å². The van der Waals surface area contributed by atoms with Gasteiger partial charge >= 0.3 is 0 Å². The van der Waals surface area contributed by atoms with Crippen molar-refractivity contribution in [3.8, 4) is 0 Å². The summed E-state index contributed by atoms with van der Waals surface area (Å²) < 4.78 is 0. The Morgan fingerprint density at radius 2 is 1.93 bits per heavy atom. The highest BCUT2D eigenvalue weighted by Gasteiger charge is 2.11. The molecule has 1 aliphatic rings. The summed E-state index contributed by atoms with van der Waals surface area (Å²) in [4.78, 5) is 3.86. The fourth-order valence-electron chi connectivity index (χ4n) is 1.78. The second-order valence-corrected chi connectivity index (χ2v) is 4.05. The molecule has 1 rings (SSSR count). The molecule has 0 aromatic rings. The van der Waals surface area contributed by atoms with Crippen LogP contribution in [0.25, 0.3) is 0 Å². The first-order valence-electron chi connectivity index (χ1n) is 5.56. The van der Waals surface area contributed by atoms with E-state index in [-0.39, 0.29) is 17.0 Å².